The van der Waals surface area contributed by atoms with E-state index in [9.17, 15) is 4.79 Å². The molecule has 0 amide bonds. The van der Waals surface area contributed by atoms with E-state index in [1.807, 2.05) is 0 Å². The molecule has 1 aliphatic rings. The molecule has 1 aromatic rings. The second-order valence-corrected chi connectivity index (χ2v) is 5.07. The summed E-state index contributed by atoms with van der Waals surface area (Å²) in [6, 6.07) is 5.09. The maximum absolute atomic E-state index is 11.5. The fraction of sp³-hybridized carbons (Fsp3) is 0.438. The first-order valence-electron chi connectivity index (χ1n) is 6.76. The Balaban J connectivity index is 2.15. The molecule has 0 bridgehead atoms. The van der Waals surface area contributed by atoms with E-state index in [1.165, 1.54) is 7.11 Å². The van der Waals surface area contributed by atoms with Crippen molar-refractivity contribution in [3.8, 4) is 11.5 Å². The number of esters is 1. The minimum atomic E-state index is -0.391. The summed E-state index contributed by atoms with van der Waals surface area (Å²) in [5.41, 5.74) is 0.445. The molecule has 4 nitrogen and oxygen atoms in total. The van der Waals surface area contributed by atoms with Crippen LogP contribution in [0.15, 0.2) is 30.9 Å². The SMILES string of the molecule is C=CCOc1cc(C(=O)OC)ccc1OC1CC(C)C1. The second-order valence-electron chi connectivity index (χ2n) is 5.07. The van der Waals surface area contributed by atoms with E-state index in [4.69, 9.17) is 14.2 Å². The van der Waals surface area contributed by atoms with Crippen LogP contribution in [0.2, 0.25) is 0 Å². The highest BCUT2D eigenvalue weighted by molar-refractivity contribution is 5.90. The first-order chi connectivity index (χ1) is 9.63. The molecular weight excluding hydrogens is 256 g/mol. The molecule has 0 N–H and O–H groups in total. The average Bonchev–Trinajstić information content (AvgIpc) is 2.43. The molecule has 2 rings (SSSR count). The molecule has 0 atom stereocenters. The van der Waals surface area contributed by atoms with Gasteiger partial charge in [-0.1, -0.05) is 19.6 Å². The van der Waals surface area contributed by atoms with Crippen molar-refractivity contribution >= 4 is 5.97 Å². The van der Waals surface area contributed by atoms with Crippen molar-refractivity contribution < 1.29 is 19.0 Å². The minimum absolute atomic E-state index is 0.236. The highest BCUT2D eigenvalue weighted by atomic mass is 16.5. The van der Waals surface area contributed by atoms with Crippen LogP contribution in [0, 0.1) is 5.92 Å². The number of rotatable bonds is 6. The highest BCUT2D eigenvalue weighted by Crippen LogP contribution is 2.35. The Morgan fingerprint density at radius 1 is 1.40 bits per heavy atom. The molecule has 1 aromatic carbocycles. The zero-order valence-corrected chi connectivity index (χ0v) is 11.9. The van der Waals surface area contributed by atoms with Crippen LogP contribution in [0.5, 0.6) is 11.5 Å². The van der Waals surface area contributed by atoms with Crippen LogP contribution in [0.3, 0.4) is 0 Å². The van der Waals surface area contributed by atoms with Crippen molar-refractivity contribution in [1.82, 2.24) is 0 Å². The van der Waals surface area contributed by atoms with Gasteiger partial charge in [0.1, 0.15) is 6.61 Å². The normalized spacial score (nSPS) is 20.7. The zero-order chi connectivity index (χ0) is 14.5. The highest BCUT2D eigenvalue weighted by Gasteiger charge is 2.28. The number of benzene rings is 1. The molecule has 0 aliphatic heterocycles. The third-order valence-corrected chi connectivity index (χ3v) is 3.35. The van der Waals surface area contributed by atoms with Crippen molar-refractivity contribution in [1.29, 1.82) is 0 Å². The van der Waals surface area contributed by atoms with E-state index in [1.54, 1.807) is 24.3 Å². The first kappa shape index (κ1) is 14.4. The lowest BCUT2D eigenvalue weighted by Crippen LogP contribution is -2.32. The van der Waals surface area contributed by atoms with Crippen molar-refractivity contribution in [2.75, 3.05) is 13.7 Å². The minimum Gasteiger partial charge on any atom is -0.487 e. The van der Waals surface area contributed by atoms with Crippen LogP contribution >= 0.6 is 0 Å². The number of hydrogen-bond donors (Lipinski definition) is 0. The lowest BCUT2D eigenvalue weighted by molar-refractivity contribution is 0.0599. The zero-order valence-electron chi connectivity index (χ0n) is 11.9. The molecule has 0 spiro atoms. The van der Waals surface area contributed by atoms with Crippen LogP contribution in [0.4, 0.5) is 0 Å². The van der Waals surface area contributed by atoms with Crippen LogP contribution < -0.4 is 9.47 Å². The summed E-state index contributed by atoms with van der Waals surface area (Å²) in [4.78, 5) is 11.5. The van der Waals surface area contributed by atoms with Gasteiger partial charge in [0.05, 0.1) is 18.8 Å². The van der Waals surface area contributed by atoms with Gasteiger partial charge >= 0.3 is 5.97 Å². The molecule has 0 heterocycles. The van der Waals surface area contributed by atoms with Gasteiger partial charge in [0, 0.05) is 0 Å². The maximum atomic E-state index is 11.5. The van der Waals surface area contributed by atoms with Crippen molar-refractivity contribution in [2.45, 2.75) is 25.9 Å². The Hall–Kier alpha value is -1.97. The summed E-state index contributed by atoms with van der Waals surface area (Å²) in [7, 11) is 1.35. The fourth-order valence-electron chi connectivity index (χ4n) is 2.22. The summed E-state index contributed by atoms with van der Waals surface area (Å²) in [6.07, 6.45) is 4.00. The first-order valence-corrected chi connectivity index (χ1v) is 6.76. The number of methoxy groups -OCH3 is 1. The Morgan fingerprint density at radius 3 is 2.75 bits per heavy atom. The summed E-state index contributed by atoms with van der Waals surface area (Å²) in [5, 5.41) is 0. The summed E-state index contributed by atoms with van der Waals surface area (Å²) in [5.74, 6) is 1.54. The van der Waals surface area contributed by atoms with Gasteiger partial charge in [-0.05, 0) is 37.0 Å². The molecule has 0 aromatic heterocycles. The fourth-order valence-corrected chi connectivity index (χ4v) is 2.22. The number of ether oxygens (including phenoxy) is 3. The Kier molecular flexibility index (Phi) is 4.66. The number of carbonyl (C=O) groups is 1. The molecule has 1 aliphatic carbocycles. The van der Waals surface area contributed by atoms with Gasteiger partial charge in [0.15, 0.2) is 11.5 Å². The third kappa shape index (κ3) is 3.32. The molecular formula is C16H20O4. The molecule has 1 saturated carbocycles. The van der Waals surface area contributed by atoms with Crippen molar-refractivity contribution in [3.05, 3.63) is 36.4 Å². The number of hydrogen-bond acceptors (Lipinski definition) is 4. The van der Waals surface area contributed by atoms with Gasteiger partial charge in [0.25, 0.3) is 0 Å². The lowest BCUT2D eigenvalue weighted by Gasteiger charge is -2.33. The van der Waals surface area contributed by atoms with Gasteiger partial charge in [-0.3, -0.25) is 0 Å². The van der Waals surface area contributed by atoms with E-state index in [-0.39, 0.29) is 6.10 Å². The third-order valence-electron chi connectivity index (χ3n) is 3.35. The van der Waals surface area contributed by atoms with Crippen LogP contribution in [-0.4, -0.2) is 25.8 Å². The predicted octanol–water partition coefficient (Wildman–Crippen LogP) is 3.22. The molecule has 0 unspecified atom stereocenters. The molecule has 0 saturated heterocycles. The van der Waals surface area contributed by atoms with E-state index in [0.717, 1.165) is 12.8 Å². The summed E-state index contributed by atoms with van der Waals surface area (Å²) < 4.78 is 16.2. The molecule has 108 valence electrons. The van der Waals surface area contributed by atoms with Crippen LogP contribution in [0.1, 0.15) is 30.1 Å². The van der Waals surface area contributed by atoms with Gasteiger partial charge in [-0.2, -0.15) is 0 Å². The smallest absolute Gasteiger partial charge is 0.337 e. The topological polar surface area (TPSA) is 44.8 Å². The summed E-state index contributed by atoms with van der Waals surface area (Å²) in [6.45, 7) is 6.19. The number of carbonyl (C=O) groups excluding carboxylic acids is 1. The second kappa shape index (κ2) is 6.46. The largest absolute Gasteiger partial charge is 0.487 e. The summed E-state index contributed by atoms with van der Waals surface area (Å²) >= 11 is 0. The Bertz CT molecular complexity index is 489. The van der Waals surface area contributed by atoms with Gasteiger partial charge in [-0.15, -0.1) is 0 Å². The van der Waals surface area contributed by atoms with E-state index >= 15 is 0 Å². The molecule has 0 radical (unpaired) electrons. The van der Waals surface area contributed by atoms with Crippen LogP contribution in [-0.2, 0) is 4.74 Å². The molecule has 20 heavy (non-hydrogen) atoms. The Labute approximate surface area is 119 Å². The Morgan fingerprint density at radius 2 is 2.15 bits per heavy atom. The van der Waals surface area contributed by atoms with Gasteiger partial charge in [0.2, 0.25) is 0 Å². The van der Waals surface area contributed by atoms with E-state index < -0.39 is 5.97 Å². The molecule has 1 fully saturated rings. The van der Waals surface area contributed by atoms with Gasteiger partial charge < -0.3 is 14.2 Å². The average molecular weight is 276 g/mol. The van der Waals surface area contributed by atoms with Gasteiger partial charge in [-0.25, -0.2) is 4.79 Å². The molecule has 4 heteroatoms. The lowest BCUT2D eigenvalue weighted by atomic mass is 9.84. The monoisotopic (exact) mass is 276 g/mol. The predicted molar refractivity (Wildman–Crippen MR) is 76.3 cm³/mol. The standard InChI is InChI=1S/C16H20O4/c1-4-7-19-15-10-12(16(17)18-3)5-6-14(15)20-13-8-11(2)9-13/h4-6,10-11,13H,1,7-9H2,2-3H3. The maximum Gasteiger partial charge on any atom is 0.337 e. The quantitative estimate of drug-likeness (QED) is 0.591. The van der Waals surface area contributed by atoms with Crippen molar-refractivity contribution in [2.24, 2.45) is 5.92 Å². The van der Waals surface area contributed by atoms with E-state index in [2.05, 4.69) is 13.5 Å². The van der Waals surface area contributed by atoms with E-state index in [0.29, 0.717) is 29.6 Å². The van der Waals surface area contributed by atoms with Crippen LogP contribution in [0.25, 0.3) is 0 Å². The van der Waals surface area contributed by atoms with Crippen molar-refractivity contribution in [3.63, 3.8) is 0 Å².